The largest absolute Gasteiger partial charge is 0.455 e. The molecule has 4 rings (SSSR count). The Labute approximate surface area is 228 Å². The van der Waals surface area contributed by atoms with Crippen LogP contribution in [0.3, 0.4) is 0 Å². The molecule has 2 N–H and O–H groups in total. The molecule has 0 aliphatic rings. The average molecular weight is 547 g/mol. The SMILES string of the molecule is CN(C)c1ccc(/C=C(/NC(=O)c2ccccc2)C(=O)N/N=C\c2ccc(-c3cccc(C(F)(F)F)c3)o2)cc1. The number of nitrogens with one attached hydrogen (secondary N) is 2. The first-order valence-electron chi connectivity index (χ1n) is 12.1. The van der Waals surface area contributed by atoms with E-state index in [2.05, 4.69) is 15.8 Å². The summed E-state index contributed by atoms with van der Waals surface area (Å²) in [6.45, 7) is 0. The van der Waals surface area contributed by atoms with Crippen molar-refractivity contribution in [2.45, 2.75) is 6.18 Å². The normalized spacial score (nSPS) is 11.9. The van der Waals surface area contributed by atoms with Crippen molar-refractivity contribution in [3.63, 3.8) is 0 Å². The molecule has 0 unspecified atom stereocenters. The Morgan fingerprint density at radius 1 is 0.900 bits per heavy atom. The molecule has 0 aliphatic carbocycles. The van der Waals surface area contributed by atoms with E-state index in [4.69, 9.17) is 4.42 Å². The number of halogens is 3. The van der Waals surface area contributed by atoms with Crippen molar-refractivity contribution in [2.75, 3.05) is 19.0 Å². The average Bonchev–Trinajstić information content (AvgIpc) is 3.42. The van der Waals surface area contributed by atoms with Gasteiger partial charge in [-0.05, 0) is 60.2 Å². The second-order valence-electron chi connectivity index (χ2n) is 8.84. The first-order valence-corrected chi connectivity index (χ1v) is 12.1. The lowest BCUT2D eigenvalue weighted by Gasteiger charge is -2.12. The smallest absolute Gasteiger partial charge is 0.416 e. The Morgan fingerprint density at radius 3 is 2.30 bits per heavy atom. The lowest BCUT2D eigenvalue weighted by Crippen LogP contribution is -2.32. The number of hydrazone groups is 1. The van der Waals surface area contributed by atoms with Gasteiger partial charge < -0.3 is 14.6 Å². The number of rotatable bonds is 8. The Hall–Kier alpha value is -5.12. The van der Waals surface area contributed by atoms with Crippen LogP contribution in [0.5, 0.6) is 0 Å². The maximum absolute atomic E-state index is 13.0. The minimum absolute atomic E-state index is 0.0484. The standard InChI is InChI=1S/C30H25F3N4O3/c1-37(2)24-13-11-20(12-14-24)17-26(35-28(38)21-7-4-3-5-8-21)29(39)36-34-19-25-15-16-27(40-25)22-9-6-10-23(18-22)30(31,32)33/h3-19H,1-2H3,(H,35,38)(H,36,39)/b26-17+,34-19-. The molecule has 0 aliphatic heterocycles. The monoisotopic (exact) mass is 546 g/mol. The van der Waals surface area contributed by atoms with Crippen LogP contribution in [0.2, 0.25) is 0 Å². The predicted octanol–water partition coefficient (Wildman–Crippen LogP) is 5.95. The summed E-state index contributed by atoms with van der Waals surface area (Å²) in [6.07, 6.45) is -1.76. The molecule has 10 heteroatoms. The molecule has 0 atom stereocenters. The second-order valence-corrected chi connectivity index (χ2v) is 8.84. The molecular formula is C30H25F3N4O3. The molecule has 0 radical (unpaired) electrons. The highest BCUT2D eigenvalue weighted by Gasteiger charge is 2.30. The first kappa shape index (κ1) is 27.9. The Balaban J connectivity index is 1.50. The van der Waals surface area contributed by atoms with Crippen molar-refractivity contribution in [1.82, 2.24) is 10.7 Å². The summed E-state index contributed by atoms with van der Waals surface area (Å²) in [4.78, 5) is 27.7. The summed E-state index contributed by atoms with van der Waals surface area (Å²) in [6, 6.07) is 23.5. The molecule has 3 aromatic carbocycles. The van der Waals surface area contributed by atoms with E-state index < -0.39 is 23.6 Å². The van der Waals surface area contributed by atoms with Gasteiger partial charge in [0.1, 0.15) is 17.2 Å². The summed E-state index contributed by atoms with van der Waals surface area (Å²) in [7, 11) is 3.81. The Morgan fingerprint density at radius 2 is 1.62 bits per heavy atom. The summed E-state index contributed by atoms with van der Waals surface area (Å²) in [5.41, 5.74) is 3.75. The van der Waals surface area contributed by atoms with Crippen molar-refractivity contribution in [1.29, 1.82) is 0 Å². The number of nitrogens with zero attached hydrogens (tertiary/aromatic N) is 2. The van der Waals surface area contributed by atoms with Gasteiger partial charge in [-0.25, -0.2) is 5.43 Å². The summed E-state index contributed by atoms with van der Waals surface area (Å²) >= 11 is 0. The van der Waals surface area contributed by atoms with E-state index in [1.165, 1.54) is 36.6 Å². The van der Waals surface area contributed by atoms with Crippen LogP contribution in [0.4, 0.5) is 18.9 Å². The Bertz CT molecular complexity index is 1540. The van der Waals surface area contributed by atoms with Gasteiger partial charge in [0, 0.05) is 30.9 Å². The number of benzene rings is 3. The fraction of sp³-hybridized carbons (Fsp3) is 0.100. The number of hydrogen-bond acceptors (Lipinski definition) is 5. The molecule has 0 saturated heterocycles. The van der Waals surface area contributed by atoms with Gasteiger partial charge in [-0.3, -0.25) is 9.59 Å². The van der Waals surface area contributed by atoms with E-state index in [0.29, 0.717) is 11.1 Å². The van der Waals surface area contributed by atoms with Gasteiger partial charge in [0.05, 0.1) is 11.8 Å². The molecular weight excluding hydrogens is 521 g/mol. The zero-order valence-electron chi connectivity index (χ0n) is 21.6. The number of alkyl halides is 3. The highest BCUT2D eigenvalue weighted by atomic mass is 19.4. The lowest BCUT2D eigenvalue weighted by atomic mass is 10.1. The highest BCUT2D eigenvalue weighted by molar-refractivity contribution is 6.05. The second kappa shape index (κ2) is 12.2. The molecule has 1 heterocycles. The van der Waals surface area contributed by atoms with Crippen LogP contribution in [0, 0.1) is 0 Å². The molecule has 0 spiro atoms. The van der Waals surface area contributed by atoms with Gasteiger partial charge in [0.25, 0.3) is 11.8 Å². The molecule has 2 amide bonds. The van der Waals surface area contributed by atoms with Crippen molar-refractivity contribution < 1.29 is 27.2 Å². The molecule has 7 nitrogen and oxygen atoms in total. The summed E-state index contributed by atoms with van der Waals surface area (Å²) < 4.78 is 44.7. The van der Waals surface area contributed by atoms with E-state index in [-0.39, 0.29) is 22.8 Å². The van der Waals surface area contributed by atoms with E-state index in [1.807, 2.05) is 31.1 Å². The van der Waals surface area contributed by atoms with Gasteiger partial charge in [-0.1, -0.05) is 42.5 Å². The maximum atomic E-state index is 13.0. The van der Waals surface area contributed by atoms with Crippen molar-refractivity contribution in [3.05, 3.63) is 119 Å². The summed E-state index contributed by atoms with van der Waals surface area (Å²) in [5.74, 6) is -0.767. The topological polar surface area (TPSA) is 86.9 Å². The molecule has 0 bridgehead atoms. The molecule has 4 aromatic rings. The first-order chi connectivity index (χ1) is 19.1. The van der Waals surface area contributed by atoms with Gasteiger partial charge in [0.2, 0.25) is 0 Å². The quantitative estimate of drug-likeness (QED) is 0.162. The van der Waals surface area contributed by atoms with Gasteiger partial charge in [-0.15, -0.1) is 0 Å². The molecule has 1 aromatic heterocycles. The van der Waals surface area contributed by atoms with Gasteiger partial charge >= 0.3 is 6.18 Å². The number of carbonyl (C=O) groups excluding carboxylic acids is 2. The lowest BCUT2D eigenvalue weighted by molar-refractivity contribution is -0.137. The van der Waals surface area contributed by atoms with Crippen LogP contribution in [0.15, 0.2) is 106 Å². The van der Waals surface area contributed by atoms with Gasteiger partial charge in [0.15, 0.2) is 0 Å². The number of anilines is 1. The fourth-order valence-electron chi connectivity index (χ4n) is 3.62. The zero-order valence-corrected chi connectivity index (χ0v) is 21.6. The summed E-state index contributed by atoms with van der Waals surface area (Å²) in [5, 5.41) is 6.51. The van der Waals surface area contributed by atoms with Crippen molar-refractivity contribution in [2.24, 2.45) is 5.10 Å². The minimum atomic E-state index is -4.48. The van der Waals surface area contributed by atoms with Crippen LogP contribution in [-0.2, 0) is 11.0 Å². The minimum Gasteiger partial charge on any atom is -0.455 e. The van der Waals surface area contributed by atoms with E-state index in [0.717, 1.165) is 17.8 Å². The van der Waals surface area contributed by atoms with E-state index in [1.54, 1.807) is 42.5 Å². The molecule has 0 saturated carbocycles. The third-order valence-electron chi connectivity index (χ3n) is 5.71. The molecule has 0 fully saturated rings. The number of hydrogen-bond donors (Lipinski definition) is 2. The van der Waals surface area contributed by atoms with Crippen LogP contribution in [-0.4, -0.2) is 32.1 Å². The van der Waals surface area contributed by atoms with E-state index >= 15 is 0 Å². The third-order valence-corrected chi connectivity index (χ3v) is 5.71. The van der Waals surface area contributed by atoms with Crippen LogP contribution >= 0.6 is 0 Å². The molecule has 204 valence electrons. The number of carbonyl (C=O) groups is 2. The van der Waals surface area contributed by atoms with E-state index in [9.17, 15) is 22.8 Å². The number of furan rings is 1. The fourth-order valence-corrected chi connectivity index (χ4v) is 3.62. The van der Waals surface area contributed by atoms with Crippen LogP contribution in [0.25, 0.3) is 17.4 Å². The highest BCUT2D eigenvalue weighted by Crippen LogP contribution is 2.32. The molecule has 40 heavy (non-hydrogen) atoms. The van der Waals surface area contributed by atoms with Crippen LogP contribution < -0.4 is 15.6 Å². The van der Waals surface area contributed by atoms with Gasteiger partial charge in [-0.2, -0.15) is 18.3 Å². The van der Waals surface area contributed by atoms with Crippen LogP contribution in [0.1, 0.15) is 27.2 Å². The predicted molar refractivity (Wildman–Crippen MR) is 148 cm³/mol. The Kier molecular flexibility index (Phi) is 8.48. The van der Waals surface area contributed by atoms with Crippen molar-refractivity contribution >= 4 is 29.8 Å². The van der Waals surface area contributed by atoms with Crippen molar-refractivity contribution in [3.8, 4) is 11.3 Å². The number of amides is 2. The third kappa shape index (κ3) is 7.25. The zero-order chi connectivity index (χ0) is 28.7. The maximum Gasteiger partial charge on any atom is 0.416 e.